The molecule has 9 heteroatoms. The first-order valence-electron chi connectivity index (χ1n) is 8.13. The predicted octanol–water partition coefficient (Wildman–Crippen LogP) is 4.22. The quantitative estimate of drug-likeness (QED) is 0.632. The average molecular weight is 391 g/mol. The van der Waals surface area contributed by atoms with E-state index < -0.39 is 35.0 Å². The van der Waals surface area contributed by atoms with Gasteiger partial charge < -0.3 is 9.88 Å². The van der Waals surface area contributed by atoms with Gasteiger partial charge in [-0.2, -0.15) is 18.4 Å². The highest BCUT2D eigenvalue weighted by molar-refractivity contribution is 6.07. The fraction of sp³-hybridized carbons (Fsp3) is 0.158. The number of aromatic nitrogens is 1. The summed E-state index contributed by atoms with van der Waals surface area (Å²) in [5.41, 5.74) is -1.56. The predicted molar refractivity (Wildman–Crippen MR) is 89.3 cm³/mol. The van der Waals surface area contributed by atoms with Gasteiger partial charge in [-0.05, 0) is 29.8 Å². The van der Waals surface area contributed by atoms with Gasteiger partial charge in [-0.15, -0.1) is 0 Å². The zero-order valence-electron chi connectivity index (χ0n) is 14.0. The van der Waals surface area contributed by atoms with E-state index in [0.29, 0.717) is 0 Å². The van der Waals surface area contributed by atoms with Crippen LogP contribution in [-0.2, 0) is 12.7 Å². The number of hydrogen-bond acceptors (Lipinski definition) is 2. The van der Waals surface area contributed by atoms with E-state index >= 15 is 0 Å². The summed E-state index contributed by atoms with van der Waals surface area (Å²) in [6.45, 7) is 0.181. The molecular weight excluding hydrogens is 381 g/mol. The zero-order valence-corrected chi connectivity index (χ0v) is 14.0. The number of nitriles is 1. The van der Waals surface area contributed by atoms with Gasteiger partial charge in [-0.25, -0.2) is 8.78 Å². The minimum Gasteiger partial charge on any atom is -0.349 e. The molecule has 1 amide bonds. The van der Waals surface area contributed by atoms with Crippen LogP contribution in [0.15, 0.2) is 30.3 Å². The molecule has 0 radical (unpaired) electrons. The third-order valence-corrected chi connectivity index (χ3v) is 4.64. The largest absolute Gasteiger partial charge is 0.419 e. The second-order valence-electron chi connectivity index (χ2n) is 6.29. The molecule has 0 atom stereocenters. The highest BCUT2D eigenvalue weighted by atomic mass is 19.4. The van der Waals surface area contributed by atoms with Crippen molar-refractivity contribution < 1.29 is 26.7 Å². The Hall–Kier alpha value is -3.41. The number of carbonyl (C=O) groups excluding carboxylic acids is 1. The molecular formula is C19H10F5N3O. The van der Waals surface area contributed by atoms with E-state index in [1.54, 1.807) is 6.07 Å². The number of nitrogens with one attached hydrogen (secondary N) is 1. The Morgan fingerprint density at radius 1 is 1.11 bits per heavy atom. The molecule has 142 valence electrons. The number of halogens is 5. The molecule has 4 rings (SSSR count). The van der Waals surface area contributed by atoms with Crippen LogP contribution in [0.4, 0.5) is 22.0 Å². The molecule has 4 nitrogen and oxygen atoms in total. The Kier molecular flexibility index (Phi) is 3.89. The highest BCUT2D eigenvalue weighted by Crippen LogP contribution is 2.43. The maximum Gasteiger partial charge on any atom is 0.419 e. The molecule has 2 heterocycles. The smallest absolute Gasteiger partial charge is 0.349 e. The number of carbonyl (C=O) groups is 1. The minimum atomic E-state index is -4.85. The van der Waals surface area contributed by atoms with Crippen LogP contribution < -0.4 is 5.32 Å². The first-order valence-corrected chi connectivity index (χ1v) is 8.13. The third kappa shape index (κ3) is 2.60. The van der Waals surface area contributed by atoms with Crippen molar-refractivity contribution in [3.05, 3.63) is 58.8 Å². The SMILES string of the molecule is N#Cc1cc(-c2ccc(F)c(F)c2)c2c(c1)c(C(F)(F)F)c1n2CCNC1=O. The van der Waals surface area contributed by atoms with Crippen molar-refractivity contribution in [3.8, 4) is 17.2 Å². The zero-order chi connectivity index (χ0) is 20.2. The Bertz CT molecular complexity index is 1190. The van der Waals surface area contributed by atoms with Gasteiger partial charge in [-0.1, -0.05) is 6.07 Å². The number of hydrogen-bond donors (Lipinski definition) is 1. The topological polar surface area (TPSA) is 57.8 Å². The van der Waals surface area contributed by atoms with Gasteiger partial charge in [0.2, 0.25) is 0 Å². The van der Waals surface area contributed by atoms with Gasteiger partial charge in [0, 0.05) is 24.0 Å². The van der Waals surface area contributed by atoms with Gasteiger partial charge in [0.25, 0.3) is 5.91 Å². The van der Waals surface area contributed by atoms with Gasteiger partial charge in [0.1, 0.15) is 5.69 Å². The Balaban J connectivity index is 2.19. The lowest BCUT2D eigenvalue weighted by Gasteiger charge is -2.19. The van der Waals surface area contributed by atoms with E-state index in [1.807, 2.05) is 0 Å². The van der Waals surface area contributed by atoms with Crippen LogP contribution in [0, 0.1) is 23.0 Å². The Labute approximate surface area is 154 Å². The fourth-order valence-corrected chi connectivity index (χ4v) is 3.55. The molecule has 1 aromatic heterocycles. The standard InChI is InChI=1S/C19H10F5N3O/c20-13-2-1-10(7-14(13)21)11-5-9(8-25)6-12-15(19(22,23)24)17-18(28)26-3-4-27(17)16(11)12/h1-2,5-7H,3-4H2,(H,26,28). The summed E-state index contributed by atoms with van der Waals surface area (Å²) in [4.78, 5) is 12.2. The van der Waals surface area contributed by atoms with Crippen molar-refractivity contribution in [2.45, 2.75) is 12.7 Å². The maximum atomic E-state index is 13.8. The van der Waals surface area contributed by atoms with Crippen LogP contribution in [0.25, 0.3) is 22.0 Å². The maximum absolute atomic E-state index is 13.8. The molecule has 0 saturated carbocycles. The lowest BCUT2D eigenvalue weighted by atomic mass is 9.98. The second-order valence-corrected chi connectivity index (χ2v) is 6.29. The first kappa shape index (κ1) is 18.0. The number of alkyl halides is 3. The normalized spacial score (nSPS) is 13.9. The summed E-state index contributed by atoms with van der Waals surface area (Å²) in [5.74, 6) is -3.17. The molecule has 2 aromatic carbocycles. The molecule has 28 heavy (non-hydrogen) atoms. The van der Waals surface area contributed by atoms with Crippen molar-refractivity contribution in [1.29, 1.82) is 5.26 Å². The van der Waals surface area contributed by atoms with Crippen molar-refractivity contribution in [2.24, 2.45) is 0 Å². The Morgan fingerprint density at radius 3 is 2.50 bits per heavy atom. The lowest BCUT2D eigenvalue weighted by molar-refractivity contribution is -0.136. The van der Waals surface area contributed by atoms with Gasteiger partial charge >= 0.3 is 6.18 Å². The van der Waals surface area contributed by atoms with Crippen LogP contribution in [-0.4, -0.2) is 17.0 Å². The van der Waals surface area contributed by atoms with Crippen LogP contribution >= 0.6 is 0 Å². The fourth-order valence-electron chi connectivity index (χ4n) is 3.55. The van der Waals surface area contributed by atoms with Crippen LogP contribution in [0.2, 0.25) is 0 Å². The molecule has 0 aliphatic carbocycles. The van der Waals surface area contributed by atoms with Crippen molar-refractivity contribution in [1.82, 2.24) is 9.88 Å². The number of rotatable bonds is 1. The van der Waals surface area contributed by atoms with Crippen molar-refractivity contribution in [2.75, 3.05) is 6.54 Å². The highest BCUT2D eigenvalue weighted by Gasteiger charge is 2.42. The lowest BCUT2D eigenvalue weighted by Crippen LogP contribution is -2.36. The summed E-state index contributed by atoms with van der Waals surface area (Å²) in [6, 6.07) is 7.05. The van der Waals surface area contributed by atoms with E-state index in [0.717, 1.165) is 18.2 Å². The molecule has 0 saturated heterocycles. The summed E-state index contributed by atoms with van der Waals surface area (Å²) in [5, 5.41) is 11.3. The molecule has 0 spiro atoms. The molecule has 1 aliphatic heterocycles. The second kappa shape index (κ2) is 6.05. The number of amides is 1. The molecule has 0 bridgehead atoms. The monoisotopic (exact) mass is 391 g/mol. The molecule has 0 unspecified atom stereocenters. The summed E-state index contributed by atoms with van der Waals surface area (Å²) in [7, 11) is 0. The van der Waals surface area contributed by atoms with Gasteiger partial charge in [0.15, 0.2) is 11.6 Å². The van der Waals surface area contributed by atoms with E-state index in [2.05, 4.69) is 5.32 Å². The molecule has 3 aromatic rings. The van der Waals surface area contributed by atoms with E-state index in [1.165, 1.54) is 16.7 Å². The number of benzene rings is 2. The molecule has 1 N–H and O–H groups in total. The summed E-state index contributed by atoms with van der Waals surface area (Å²) < 4.78 is 69.7. The van der Waals surface area contributed by atoms with Gasteiger partial charge in [-0.3, -0.25) is 4.79 Å². The minimum absolute atomic E-state index is 0.0437. The Morgan fingerprint density at radius 2 is 1.86 bits per heavy atom. The average Bonchev–Trinajstić information content (AvgIpc) is 2.99. The molecule has 0 fully saturated rings. The summed E-state index contributed by atoms with van der Waals surface area (Å²) in [6.07, 6.45) is -4.85. The number of nitrogens with zero attached hydrogens (tertiary/aromatic N) is 2. The summed E-state index contributed by atoms with van der Waals surface area (Å²) >= 11 is 0. The first-order chi connectivity index (χ1) is 13.2. The number of fused-ring (bicyclic) bond motifs is 3. The third-order valence-electron chi connectivity index (χ3n) is 4.64. The van der Waals surface area contributed by atoms with Crippen LogP contribution in [0.3, 0.4) is 0 Å². The van der Waals surface area contributed by atoms with Crippen LogP contribution in [0.1, 0.15) is 21.6 Å². The van der Waals surface area contributed by atoms with Crippen molar-refractivity contribution in [3.63, 3.8) is 0 Å². The van der Waals surface area contributed by atoms with Gasteiger partial charge in [0.05, 0.1) is 22.7 Å². The van der Waals surface area contributed by atoms with E-state index in [-0.39, 0.29) is 40.7 Å². The van der Waals surface area contributed by atoms with E-state index in [9.17, 15) is 32.0 Å². The van der Waals surface area contributed by atoms with Crippen molar-refractivity contribution >= 4 is 16.8 Å². The van der Waals surface area contributed by atoms with E-state index in [4.69, 9.17) is 0 Å². The molecule has 1 aliphatic rings. The van der Waals surface area contributed by atoms with Crippen LogP contribution in [0.5, 0.6) is 0 Å².